The summed E-state index contributed by atoms with van der Waals surface area (Å²) < 4.78 is 29.3. The van der Waals surface area contributed by atoms with Crippen LogP contribution in [-0.2, 0) is 14.4 Å². The molecule has 0 aliphatic carbocycles. The minimum absolute atomic E-state index is 0.0286. The first-order valence-electron chi connectivity index (χ1n) is 6.96. The van der Waals surface area contributed by atoms with E-state index in [1.54, 1.807) is 11.8 Å². The lowest BCUT2D eigenvalue weighted by Gasteiger charge is -2.17. The van der Waals surface area contributed by atoms with Crippen molar-refractivity contribution in [2.45, 2.75) is 23.1 Å². The zero-order valence-corrected chi connectivity index (χ0v) is 14.7. The van der Waals surface area contributed by atoms with Crippen LogP contribution in [0.1, 0.15) is 17.5 Å². The maximum Gasteiger partial charge on any atom is 0.358 e. The van der Waals surface area contributed by atoms with Crippen molar-refractivity contribution in [3.8, 4) is 0 Å². The highest BCUT2D eigenvalue weighted by Crippen LogP contribution is 2.31. The molecule has 0 aromatic heterocycles. The Hall–Kier alpha value is -1.50. The van der Waals surface area contributed by atoms with Crippen molar-refractivity contribution >= 4 is 39.2 Å². The number of benzene rings is 2. The number of aryl methyl sites for hydroxylation is 1. The average molecular weight is 368 g/mol. The second-order valence-corrected chi connectivity index (χ2v) is 8.22. The summed E-state index contributed by atoms with van der Waals surface area (Å²) >= 11 is 7.50. The van der Waals surface area contributed by atoms with Gasteiger partial charge in [0.05, 0.1) is 5.71 Å². The lowest BCUT2D eigenvalue weighted by Crippen LogP contribution is -2.12. The van der Waals surface area contributed by atoms with Gasteiger partial charge >= 0.3 is 10.1 Å². The third kappa shape index (κ3) is 3.71. The van der Waals surface area contributed by atoms with Crippen LogP contribution < -0.4 is 0 Å². The third-order valence-electron chi connectivity index (χ3n) is 3.39. The predicted molar refractivity (Wildman–Crippen MR) is 92.8 cm³/mol. The number of fused-ring (bicyclic) bond motifs is 1. The van der Waals surface area contributed by atoms with E-state index in [0.717, 1.165) is 21.8 Å². The lowest BCUT2D eigenvalue weighted by molar-refractivity contribution is 0.338. The molecule has 2 aromatic carbocycles. The summed E-state index contributed by atoms with van der Waals surface area (Å²) in [6, 6.07) is 11.8. The zero-order valence-electron chi connectivity index (χ0n) is 12.3. The van der Waals surface area contributed by atoms with Crippen LogP contribution in [0.25, 0.3) is 0 Å². The molecule has 0 bridgehead atoms. The van der Waals surface area contributed by atoms with Crippen LogP contribution in [-0.4, -0.2) is 19.9 Å². The zero-order chi connectivity index (χ0) is 16.4. The van der Waals surface area contributed by atoms with Gasteiger partial charge in [0.15, 0.2) is 0 Å². The van der Waals surface area contributed by atoms with E-state index in [0.29, 0.717) is 17.2 Å². The molecule has 120 valence electrons. The summed E-state index contributed by atoms with van der Waals surface area (Å²) in [6.07, 6.45) is 0.664. The van der Waals surface area contributed by atoms with Gasteiger partial charge in [-0.15, -0.1) is 11.8 Å². The van der Waals surface area contributed by atoms with Gasteiger partial charge in [0, 0.05) is 27.7 Å². The fourth-order valence-electron chi connectivity index (χ4n) is 2.22. The third-order valence-corrected chi connectivity index (χ3v) is 5.84. The van der Waals surface area contributed by atoms with E-state index in [-0.39, 0.29) is 4.90 Å². The van der Waals surface area contributed by atoms with E-state index in [9.17, 15) is 8.42 Å². The molecule has 0 amide bonds. The molecule has 1 aliphatic rings. The molecule has 1 heterocycles. The van der Waals surface area contributed by atoms with E-state index in [1.807, 2.05) is 25.1 Å². The second-order valence-electron chi connectivity index (χ2n) is 5.12. The molecule has 0 atom stereocenters. The molecular weight excluding hydrogens is 354 g/mol. The maximum absolute atomic E-state index is 12.2. The smallest absolute Gasteiger partial charge is 0.264 e. The Kier molecular flexibility index (Phi) is 4.66. The molecular formula is C16H14ClNO3S2. The molecule has 7 heteroatoms. The van der Waals surface area contributed by atoms with Crippen LogP contribution in [0, 0.1) is 6.92 Å². The Morgan fingerprint density at radius 1 is 1.17 bits per heavy atom. The fourth-order valence-corrected chi connectivity index (χ4v) is 4.10. The highest BCUT2D eigenvalue weighted by Gasteiger charge is 2.20. The second kappa shape index (κ2) is 6.55. The van der Waals surface area contributed by atoms with Crippen LogP contribution in [0.3, 0.4) is 0 Å². The molecule has 0 unspecified atom stereocenters. The molecule has 3 rings (SSSR count). The Labute approximate surface area is 144 Å². The van der Waals surface area contributed by atoms with Gasteiger partial charge in [-0.25, -0.2) is 0 Å². The molecule has 0 N–H and O–H groups in total. The molecule has 0 spiro atoms. The van der Waals surface area contributed by atoms with E-state index in [4.69, 9.17) is 15.9 Å². The van der Waals surface area contributed by atoms with Gasteiger partial charge in [-0.3, -0.25) is 4.28 Å². The van der Waals surface area contributed by atoms with E-state index < -0.39 is 10.1 Å². The van der Waals surface area contributed by atoms with Crippen molar-refractivity contribution in [3.05, 3.63) is 58.6 Å². The largest absolute Gasteiger partial charge is 0.358 e. The van der Waals surface area contributed by atoms with Crippen molar-refractivity contribution in [1.29, 1.82) is 0 Å². The Bertz CT molecular complexity index is 861. The molecule has 0 saturated carbocycles. The van der Waals surface area contributed by atoms with Crippen molar-refractivity contribution in [3.63, 3.8) is 0 Å². The number of hydrogen-bond acceptors (Lipinski definition) is 5. The van der Waals surface area contributed by atoms with Gasteiger partial charge in [-0.05, 0) is 43.3 Å². The normalized spacial score (nSPS) is 16.2. The van der Waals surface area contributed by atoms with E-state index in [1.165, 1.54) is 24.3 Å². The Morgan fingerprint density at radius 2 is 1.91 bits per heavy atom. The quantitative estimate of drug-likeness (QED) is 0.761. The lowest BCUT2D eigenvalue weighted by atomic mass is 10.1. The molecule has 0 saturated heterocycles. The van der Waals surface area contributed by atoms with Gasteiger partial charge in [-0.1, -0.05) is 28.4 Å². The molecule has 4 nitrogen and oxygen atoms in total. The van der Waals surface area contributed by atoms with Gasteiger partial charge in [0.2, 0.25) is 0 Å². The van der Waals surface area contributed by atoms with Gasteiger partial charge in [-0.2, -0.15) is 8.42 Å². The van der Waals surface area contributed by atoms with Crippen LogP contribution in [0.4, 0.5) is 0 Å². The average Bonchev–Trinajstić information content (AvgIpc) is 2.53. The Morgan fingerprint density at radius 3 is 2.65 bits per heavy atom. The summed E-state index contributed by atoms with van der Waals surface area (Å²) in [4.78, 5) is 1.12. The number of hydrogen-bond donors (Lipinski definition) is 0. The maximum atomic E-state index is 12.2. The first-order valence-corrected chi connectivity index (χ1v) is 9.73. The number of halogens is 1. The summed E-state index contributed by atoms with van der Waals surface area (Å²) in [6.45, 7) is 1.99. The van der Waals surface area contributed by atoms with E-state index >= 15 is 0 Å². The molecule has 1 aliphatic heterocycles. The van der Waals surface area contributed by atoms with Gasteiger partial charge in [0.25, 0.3) is 0 Å². The summed E-state index contributed by atoms with van der Waals surface area (Å²) in [5.74, 6) is 0.846. The van der Waals surface area contributed by atoms with Crippen LogP contribution in [0.2, 0.25) is 5.02 Å². The van der Waals surface area contributed by atoms with Crippen molar-refractivity contribution in [1.82, 2.24) is 0 Å². The number of rotatable bonds is 3. The van der Waals surface area contributed by atoms with Crippen LogP contribution in [0.15, 0.2) is 57.4 Å². The highest BCUT2D eigenvalue weighted by atomic mass is 35.5. The van der Waals surface area contributed by atoms with Crippen LogP contribution in [0.5, 0.6) is 0 Å². The van der Waals surface area contributed by atoms with Gasteiger partial charge < -0.3 is 0 Å². The van der Waals surface area contributed by atoms with Crippen molar-refractivity contribution in [2.75, 3.05) is 5.75 Å². The molecule has 23 heavy (non-hydrogen) atoms. The minimum Gasteiger partial charge on any atom is -0.264 e. The number of oxime groups is 1. The molecule has 0 radical (unpaired) electrons. The van der Waals surface area contributed by atoms with E-state index in [2.05, 4.69) is 5.16 Å². The van der Waals surface area contributed by atoms with Crippen molar-refractivity contribution in [2.24, 2.45) is 5.16 Å². The standard InChI is InChI=1S/C16H14ClNO3S2/c1-11-2-7-16-14(10-11)15(8-9-22-16)18-21-23(19,20)13-5-3-12(17)4-6-13/h2-7,10H,8-9H2,1H3/b18-15+. The number of thioether (sulfide) groups is 1. The SMILES string of the molecule is Cc1ccc2c(c1)/C(=N/OS(=O)(=O)c1ccc(Cl)cc1)CCS2. The summed E-state index contributed by atoms with van der Waals surface area (Å²) in [7, 11) is -3.94. The molecule has 2 aromatic rings. The minimum atomic E-state index is -3.94. The fraction of sp³-hybridized carbons (Fsp3) is 0.188. The monoisotopic (exact) mass is 367 g/mol. The van der Waals surface area contributed by atoms with Crippen LogP contribution >= 0.6 is 23.4 Å². The highest BCUT2D eigenvalue weighted by molar-refractivity contribution is 7.99. The first kappa shape index (κ1) is 16.4. The summed E-state index contributed by atoms with van der Waals surface area (Å²) in [5.41, 5.74) is 2.69. The molecule has 0 fully saturated rings. The van der Waals surface area contributed by atoms with Crippen molar-refractivity contribution < 1.29 is 12.7 Å². The first-order chi connectivity index (χ1) is 11.0. The topological polar surface area (TPSA) is 55.7 Å². The number of nitrogens with zero attached hydrogens (tertiary/aromatic N) is 1. The summed E-state index contributed by atoms with van der Waals surface area (Å²) in [5, 5.41) is 4.38. The Balaban J connectivity index is 1.89. The predicted octanol–water partition coefficient (Wildman–Crippen LogP) is 4.25. The van der Waals surface area contributed by atoms with Gasteiger partial charge in [0.1, 0.15) is 4.90 Å².